The van der Waals surface area contributed by atoms with E-state index in [1.54, 1.807) is 0 Å². The fourth-order valence-electron chi connectivity index (χ4n) is 1.11. The van der Waals surface area contributed by atoms with Crippen molar-refractivity contribution < 1.29 is 0 Å². The molecule has 0 aromatic carbocycles. The van der Waals surface area contributed by atoms with Crippen LogP contribution in [0.3, 0.4) is 0 Å². The molecule has 2 nitrogen and oxygen atoms in total. The first-order valence-electron chi connectivity index (χ1n) is 5.52. The topological polar surface area (TPSA) is 24.1 Å². The predicted molar refractivity (Wildman–Crippen MR) is 64.4 cm³/mol. The molecule has 0 saturated carbocycles. The van der Waals surface area contributed by atoms with Crippen LogP contribution >= 0.6 is 0 Å². The Morgan fingerprint density at radius 2 is 2.07 bits per heavy atom. The Morgan fingerprint density at radius 1 is 1.29 bits per heavy atom. The van der Waals surface area contributed by atoms with Gasteiger partial charge < -0.3 is 10.6 Å². The van der Waals surface area contributed by atoms with Crippen LogP contribution < -0.4 is 10.6 Å². The highest BCUT2D eigenvalue weighted by Gasteiger charge is 1.85. The molecule has 0 rings (SSSR count). The smallest absolute Gasteiger partial charge is 0.00277 e. The summed E-state index contributed by atoms with van der Waals surface area (Å²) in [5.41, 5.74) is 1.32. The summed E-state index contributed by atoms with van der Waals surface area (Å²) in [6.45, 7) is 6.58. The minimum absolute atomic E-state index is 1.09. The van der Waals surface area contributed by atoms with E-state index < -0.39 is 0 Å². The zero-order valence-electron chi connectivity index (χ0n) is 9.77. The Morgan fingerprint density at radius 3 is 2.71 bits per heavy atom. The van der Waals surface area contributed by atoms with Crippen molar-refractivity contribution in [3.63, 3.8) is 0 Å². The van der Waals surface area contributed by atoms with Gasteiger partial charge in [-0.1, -0.05) is 25.0 Å². The maximum atomic E-state index is 3.41. The van der Waals surface area contributed by atoms with Gasteiger partial charge in [0.15, 0.2) is 0 Å². The Hall–Kier alpha value is -0.760. The minimum Gasteiger partial charge on any atom is -0.394 e. The van der Waals surface area contributed by atoms with Crippen molar-refractivity contribution in [2.24, 2.45) is 0 Å². The van der Waals surface area contributed by atoms with Gasteiger partial charge in [-0.2, -0.15) is 0 Å². The normalized spacial score (nSPS) is 12.4. The maximum absolute atomic E-state index is 3.41. The molecule has 0 bridgehead atoms. The summed E-state index contributed by atoms with van der Waals surface area (Å²) in [7, 11) is 1.91. The number of hydrogen-bond donors (Lipinski definition) is 2. The first-order chi connectivity index (χ1) is 6.81. The first-order valence-corrected chi connectivity index (χ1v) is 5.52. The molecule has 0 atom stereocenters. The van der Waals surface area contributed by atoms with Gasteiger partial charge in [-0.05, 0) is 45.1 Å². The van der Waals surface area contributed by atoms with Crippen LogP contribution in [0.2, 0.25) is 0 Å². The van der Waals surface area contributed by atoms with E-state index in [2.05, 4.69) is 36.6 Å². The number of nitrogens with one attached hydrogen (secondary N) is 2. The van der Waals surface area contributed by atoms with E-state index in [1.807, 2.05) is 13.2 Å². The second kappa shape index (κ2) is 10.3. The highest BCUT2D eigenvalue weighted by atomic mass is 14.8. The van der Waals surface area contributed by atoms with Crippen molar-refractivity contribution in [2.45, 2.75) is 33.1 Å². The van der Waals surface area contributed by atoms with Crippen molar-refractivity contribution in [1.82, 2.24) is 10.6 Å². The molecule has 0 aliphatic heterocycles. The summed E-state index contributed by atoms with van der Waals surface area (Å²) >= 11 is 0. The number of rotatable bonds is 8. The maximum Gasteiger partial charge on any atom is 0.00277 e. The molecule has 0 aliphatic carbocycles. The lowest BCUT2D eigenvalue weighted by Crippen LogP contribution is -2.15. The molecule has 0 spiro atoms. The molecule has 0 aromatic heterocycles. The molecule has 2 N–H and O–H groups in total. The van der Waals surface area contributed by atoms with Crippen molar-refractivity contribution in [3.05, 3.63) is 23.9 Å². The lowest BCUT2D eigenvalue weighted by molar-refractivity contribution is 0.644. The van der Waals surface area contributed by atoms with Crippen molar-refractivity contribution in [1.29, 1.82) is 0 Å². The Bertz CT molecular complexity index is 171. The molecule has 0 saturated heterocycles. The quantitative estimate of drug-likeness (QED) is 0.460. The van der Waals surface area contributed by atoms with E-state index in [0.29, 0.717) is 0 Å². The zero-order valence-corrected chi connectivity index (χ0v) is 9.77. The molecular weight excluding hydrogens is 172 g/mol. The van der Waals surface area contributed by atoms with Crippen LogP contribution in [0.25, 0.3) is 0 Å². The van der Waals surface area contributed by atoms with Gasteiger partial charge in [-0.25, -0.2) is 0 Å². The van der Waals surface area contributed by atoms with E-state index in [1.165, 1.54) is 18.4 Å². The van der Waals surface area contributed by atoms with E-state index in [9.17, 15) is 0 Å². The standard InChI is InChI=1S/C12H24N2/c1-4-5-9-14-10-6-7-12(2)8-11-13-3/h7-8,11,13-14H,4-6,9-10H2,1-3H3/b11-8-,12-7-. The predicted octanol–water partition coefficient (Wildman–Crippen LogP) is 2.45. The summed E-state index contributed by atoms with van der Waals surface area (Å²) in [6.07, 6.45) is 9.97. The highest BCUT2D eigenvalue weighted by molar-refractivity contribution is 5.14. The third-order valence-electron chi connectivity index (χ3n) is 2.01. The number of unbranched alkanes of at least 4 members (excludes halogenated alkanes) is 1. The number of hydrogen-bond acceptors (Lipinski definition) is 2. The molecule has 0 aliphatic rings. The molecule has 14 heavy (non-hydrogen) atoms. The molecule has 0 aromatic rings. The molecule has 82 valence electrons. The second-order valence-electron chi connectivity index (χ2n) is 3.46. The van der Waals surface area contributed by atoms with Crippen LogP contribution in [-0.4, -0.2) is 20.1 Å². The lowest BCUT2D eigenvalue weighted by Gasteiger charge is -2.00. The summed E-state index contributed by atoms with van der Waals surface area (Å²) < 4.78 is 0. The lowest BCUT2D eigenvalue weighted by atomic mass is 10.2. The minimum atomic E-state index is 1.09. The summed E-state index contributed by atoms with van der Waals surface area (Å²) in [5.74, 6) is 0. The van der Waals surface area contributed by atoms with Gasteiger partial charge in [0.2, 0.25) is 0 Å². The van der Waals surface area contributed by atoms with Crippen LogP contribution in [0.4, 0.5) is 0 Å². The van der Waals surface area contributed by atoms with E-state index in [4.69, 9.17) is 0 Å². The van der Waals surface area contributed by atoms with Gasteiger partial charge in [0.25, 0.3) is 0 Å². The van der Waals surface area contributed by atoms with Gasteiger partial charge in [0, 0.05) is 7.05 Å². The van der Waals surface area contributed by atoms with Gasteiger partial charge in [0.1, 0.15) is 0 Å². The molecule has 2 heteroatoms. The average molecular weight is 196 g/mol. The molecule has 0 heterocycles. The van der Waals surface area contributed by atoms with Crippen LogP contribution in [-0.2, 0) is 0 Å². The van der Waals surface area contributed by atoms with E-state index in [-0.39, 0.29) is 0 Å². The first kappa shape index (κ1) is 13.2. The van der Waals surface area contributed by atoms with E-state index in [0.717, 1.165) is 19.5 Å². The van der Waals surface area contributed by atoms with Crippen molar-refractivity contribution in [3.8, 4) is 0 Å². The van der Waals surface area contributed by atoms with Crippen LogP contribution in [0, 0.1) is 0 Å². The van der Waals surface area contributed by atoms with Crippen molar-refractivity contribution in [2.75, 3.05) is 20.1 Å². The van der Waals surface area contributed by atoms with E-state index >= 15 is 0 Å². The third kappa shape index (κ3) is 9.33. The van der Waals surface area contributed by atoms with Crippen LogP contribution in [0.5, 0.6) is 0 Å². The monoisotopic (exact) mass is 196 g/mol. The Balaban J connectivity index is 3.36. The summed E-state index contributed by atoms with van der Waals surface area (Å²) in [4.78, 5) is 0. The molecular formula is C12H24N2. The summed E-state index contributed by atoms with van der Waals surface area (Å²) in [6, 6.07) is 0. The second-order valence-corrected chi connectivity index (χ2v) is 3.46. The zero-order chi connectivity index (χ0) is 10.6. The fraction of sp³-hybridized carbons (Fsp3) is 0.667. The highest BCUT2D eigenvalue weighted by Crippen LogP contribution is 1.95. The SMILES string of the molecule is CCCCNCC/C=C(C)\C=C/NC. The average Bonchev–Trinajstić information content (AvgIpc) is 2.20. The molecule has 0 unspecified atom stereocenters. The van der Waals surface area contributed by atoms with Crippen molar-refractivity contribution >= 4 is 0 Å². The van der Waals surface area contributed by atoms with Crippen LogP contribution in [0.1, 0.15) is 33.1 Å². The third-order valence-corrected chi connectivity index (χ3v) is 2.01. The van der Waals surface area contributed by atoms with Crippen LogP contribution in [0.15, 0.2) is 23.9 Å². The molecule has 0 radical (unpaired) electrons. The summed E-state index contributed by atoms with van der Waals surface area (Å²) in [5, 5.41) is 6.39. The largest absolute Gasteiger partial charge is 0.394 e. The van der Waals surface area contributed by atoms with Gasteiger partial charge >= 0.3 is 0 Å². The van der Waals surface area contributed by atoms with Gasteiger partial charge in [-0.15, -0.1) is 0 Å². The van der Waals surface area contributed by atoms with Gasteiger partial charge in [-0.3, -0.25) is 0 Å². The Labute approximate surface area is 88.5 Å². The fourth-order valence-corrected chi connectivity index (χ4v) is 1.11. The Kier molecular flexibility index (Phi) is 9.76. The number of allylic oxidation sites excluding steroid dienone is 2. The molecule has 0 fully saturated rings. The molecule has 0 amide bonds. The van der Waals surface area contributed by atoms with Gasteiger partial charge in [0.05, 0.1) is 0 Å².